The molecule has 1 aromatic heterocycles. The number of amides is 3. The summed E-state index contributed by atoms with van der Waals surface area (Å²) in [5.74, 6) is 0.0811. The minimum atomic E-state index is -0.0361. The van der Waals surface area contributed by atoms with Gasteiger partial charge in [-0.15, -0.1) is 0 Å². The van der Waals surface area contributed by atoms with E-state index in [9.17, 15) is 9.59 Å². The zero-order valence-electron chi connectivity index (χ0n) is 12.5. The SMILES string of the molecule is CC(=O)N1CCCN(C(=O)NCCCn2ccnc2)CC1. The monoisotopic (exact) mass is 293 g/mol. The maximum absolute atomic E-state index is 12.1. The number of hydrogen-bond donors (Lipinski definition) is 1. The molecule has 7 heteroatoms. The molecule has 3 amide bonds. The van der Waals surface area contributed by atoms with Crippen LogP contribution >= 0.6 is 0 Å². The molecule has 21 heavy (non-hydrogen) atoms. The van der Waals surface area contributed by atoms with Crippen LogP contribution in [0.3, 0.4) is 0 Å². The average Bonchev–Trinajstić information content (AvgIpc) is 2.84. The van der Waals surface area contributed by atoms with Crippen molar-refractivity contribution >= 4 is 11.9 Å². The normalized spacial score (nSPS) is 15.7. The summed E-state index contributed by atoms with van der Waals surface area (Å²) in [6, 6.07) is -0.0361. The van der Waals surface area contributed by atoms with E-state index in [1.807, 2.05) is 10.8 Å². The van der Waals surface area contributed by atoms with Gasteiger partial charge < -0.3 is 19.7 Å². The number of carbonyl (C=O) groups is 2. The highest BCUT2D eigenvalue weighted by Crippen LogP contribution is 2.03. The van der Waals surface area contributed by atoms with Gasteiger partial charge in [0.05, 0.1) is 6.33 Å². The zero-order valence-corrected chi connectivity index (χ0v) is 12.5. The Balaban J connectivity index is 1.67. The van der Waals surface area contributed by atoms with E-state index in [0.717, 1.165) is 25.9 Å². The molecule has 0 unspecified atom stereocenters. The molecule has 7 nitrogen and oxygen atoms in total. The second-order valence-corrected chi connectivity index (χ2v) is 5.23. The van der Waals surface area contributed by atoms with Crippen LogP contribution in [-0.2, 0) is 11.3 Å². The van der Waals surface area contributed by atoms with Crippen molar-refractivity contribution in [3.63, 3.8) is 0 Å². The Labute approximate surface area is 124 Å². The third-order valence-electron chi connectivity index (χ3n) is 3.66. The van der Waals surface area contributed by atoms with E-state index in [-0.39, 0.29) is 11.9 Å². The third kappa shape index (κ3) is 4.77. The Bertz CT molecular complexity index is 460. The van der Waals surface area contributed by atoms with Crippen LogP contribution in [0, 0.1) is 0 Å². The fourth-order valence-electron chi connectivity index (χ4n) is 2.42. The number of hydrogen-bond acceptors (Lipinski definition) is 3. The van der Waals surface area contributed by atoms with Gasteiger partial charge in [-0.05, 0) is 12.8 Å². The molecule has 1 aliphatic rings. The van der Waals surface area contributed by atoms with Gasteiger partial charge in [-0.1, -0.05) is 0 Å². The molecule has 0 atom stereocenters. The van der Waals surface area contributed by atoms with Crippen LogP contribution in [-0.4, -0.2) is 64.0 Å². The van der Waals surface area contributed by atoms with Gasteiger partial charge in [0.15, 0.2) is 0 Å². The Kier molecular flexibility index (Phi) is 5.59. The predicted molar refractivity (Wildman–Crippen MR) is 78.7 cm³/mol. The number of aromatic nitrogens is 2. The molecular weight excluding hydrogens is 270 g/mol. The van der Waals surface area contributed by atoms with Crippen LogP contribution in [0.2, 0.25) is 0 Å². The lowest BCUT2D eigenvalue weighted by molar-refractivity contribution is -0.128. The molecular formula is C14H23N5O2. The van der Waals surface area contributed by atoms with Gasteiger partial charge >= 0.3 is 6.03 Å². The van der Waals surface area contributed by atoms with Crippen molar-refractivity contribution in [3.8, 4) is 0 Å². The summed E-state index contributed by atoms with van der Waals surface area (Å²) in [7, 11) is 0. The van der Waals surface area contributed by atoms with E-state index < -0.39 is 0 Å². The number of nitrogens with one attached hydrogen (secondary N) is 1. The van der Waals surface area contributed by atoms with Crippen LogP contribution < -0.4 is 5.32 Å². The van der Waals surface area contributed by atoms with E-state index in [1.165, 1.54) is 0 Å². The average molecular weight is 293 g/mol. The lowest BCUT2D eigenvalue weighted by Crippen LogP contribution is -2.42. The largest absolute Gasteiger partial charge is 0.341 e. The molecule has 1 saturated heterocycles. The zero-order chi connectivity index (χ0) is 15.1. The molecule has 0 bridgehead atoms. The highest BCUT2D eigenvalue weighted by atomic mass is 16.2. The van der Waals surface area contributed by atoms with Crippen molar-refractivity contribution in [1.82, 2.24) is 24.7 Å². The highest BCUT2D eigenvalue weighted by molar-refractivity contribution is 5.75. The molecule has 1 N–H and O–H groups in total. The number of urea groups is 1. The van der Waals surface area contributed by atoms with Crippen molar-refractivity contribution in [2.24, 2.45) is 0 Å². The second kappa shape index (κ2) is 7.66. The fourth-order valence-corrected chi connectivity index (χ4v) is 2.42. The number of imidazole rings is 1. The lowest BCUT2D eigenvalue weighted by Gasteiger charge is -2.21. The summed E-state index contributed by atoms with van der Waals surface area (Å²) >= 11 is 0. The van der Waals surface area contributed by atoms with Crippen LogP contribution in [0.1, 0.15) is 19.8 Å². The Morgan fingerprint density at radius 3 is 2.67 bits per heavy atom. The second-order valence-electron chi connectivity index (χ2n) is 5.23. The Morgan fingerprint density at radius 2 is 1.95 bits per heavy atom. The minimum Gasteiger partial charge on any atom is -0.341 e. The summed E-state index contributed by atoms with van der Waals surface area (Å²) in [6.07, 6.45) is 7.13. The van der Waals surface area contributed by atoms with Gasteiger partial charge in [0, 0.05) is 58.6 Å². The summed E-state index contributed by atoms with van der Waals surface area (Å²) in [6.45, 7) is 5.73. The molecule has 0 saturated carbocycles. The first-order valence-electron chi connectivity index (χ1n) is 7.41. The maximum atomic E-state index is 12.1. The molecule has 0 aliphatic carbocycles. The van der Waals surface area contributed by atoms with Gasteiger partial charge in [-0.3, -0.25) is 4.79 Å². The first kappa shape index (κ1) is 15.3. The first-order chi connectivity index (χ1) is 10.2. The highest BCUT2D eigenvalue weighted by Gasteiger charge is 2.19. The van der Waals surface area contributed by atoms with Crippen molar-refractivity contribution in [2.45, 2.75) is 26.3 Å². The third-order valence-corrected chi connectivity index (χ3v) is 3.66. The molecule has 116 valence electrons. The van der Waals surface area contributed by atoms with Crippen LogP contribution in [0.5, 0.6) is 0 Å². The van der Waals surface area contributed by atoms with Crippen LogP contribution in [0.15, 0.2) is 18.7 Å². The smallest absolute Gasteiger partial charge is 0.317 e. The number of rotatable bonds is 4. The summed E-state index contributed by atoms with van der Waals surface area (Å²) < 4.78 is 1.99. The maximum Gasteiger partial charge on any atom is 0.317 e. The Morgan fingerprint density at radius 1 is 1.19 bits per heavy atom. The van der Waals surface area contributed by atoms with Gasteiger partial charge in [0.1, 0.15) is 0 Å². The number of nitrogens with zero attached hydrogens (tertiary/aromatic N) is 4. The van der Waals surface area contributed by atoms with E-state index in [4.69, 9.17) is 0 Å². The van der Waals surface area contributed by atoms with Crippen molar-refractivity contribution in [3.05, 3.63) is 18.7 Å². The molecule has 1 aromatic rings. The first-order valence-corrected chi connectivity index (χ1v) is 7.41. The van der Waals surface area contributed by atoms with Crippen molar-refractivity contribution in [2.75, 3.05) is 32.7 Å². The van der Waals surface area contributed by atoms with Crippen molar-refractivity contribution in [1.29, 1.82) is 0 Å². The quantitative estimate of drug-likeness (QED) is 0.824. The molecule has 0 aromatic carbocycles. The Hall–Kier alpha value is -2.05. The molecule has 1 aliphatic heterocycles. The van der Waals surface area contributed by atoms with Gasteiger partial charge in [0.2, 0.25) is 5.91 Å². The summed E-state index contributed by atoms with van der Waals surface area (Å²) in [4.78, 5) is 31.0. The molecule has 0 spiro atoms. The predicted octanol–water partition coefficient (Wildman–Crippen LogP) is 0.537. The molecule has 1 fully saturated rings. The van der Waals surface area contributed by atoms with E-state index >= 15 is 0 Å². The molecule has 0 radical (unpaired) electrons. The lowest BCUT2D eigenvalue weighted by atomic mass is 10.4. The minimum absolute atomic E-state index is 0.0361. The van der Waals surface area contributed by atoms with Gasteiger partial charge in [0.25, 0.3) is 0 Å². The topological polar surface area (TPSA) is 70.5 Å². The van der Waals surface area contributed by atoms with E-state index in [1.54, 1.807) is 29.2 Å². The number of aryl methyl sites for hydroxylation is 1. The van der Waals surface area contributed by atoms with Gasteiger partial charge in [-0.25, -0.2) is 9.78 Å². The van der Waals surface area contributed by atoms with Gasteiger partial charge in [-0.2, -0.15) is 0 Å². The molecule has 2 heterocycles. The van der Waals surface area contributed by atoms with E-state index in [2.05, 4.69) is 10.3 Å². The standard InChI is InChI=1S/C14H23N5O2/c1-13(20)18-7-3-8-19(11-10-18)14(21)16-4-2-6-17-9-5-15-12-17/h5,9,12H,2-4,6-8,10-11H2,1H3,(H,16,21). The summed E-state index contributed by atoms with van der Waals surface area (Å²) in [5.41, 5.74) is 0. The summed E-state index contributed by atoms with van der Waals surface area (Å²) in [5, 5.41) is 2.94. The fraction of sp³-hybridized carbons (Fsp3) is 0.643. The number of carbonyl (C=O) groups excluding carboxylic acids is 2. The molecule has 2 rings (SSSR count). The van der Waals surface area contributed by atoms with E-state index in [0.29, 0.717) is 26.2 Å². The van der Waals surface area contributed by atoms with Crippen LogP contribution in [0.25, 0.3) is 0 Å². The van der Waals surface area contributed by atoms with Crippen LogP contribution in [0.4, 0.5) is 4.79 Å². The van der Waals surface area contributed by atoms with Crippen molar-refractivity contribution < 1.29 is 9.59 Å².